The first-order chi connectivity index (χ1) is 11.4. The molecule has 2 rings (SSSR count). The lowest BCUT2D eigenvalue weighted by atomic mass is 9.88. The molecule has 0 saturated carbocycles. The van der Waals surface area contributed by atoms with Gasteiger partial charge in [0.1, 0.15) is 0 Å². The molecule has 0 radical (unpaired) electrons. The number of ether oxygens (including phenoxy) is 1. The van der Waals surface area contributed by atoms with E-state index in [0.717, 1.165) is 5.56 Å². The first-order valence-corrected chi connectivity index (χ1v) is 7.68. The maximum Gasteiger partial charge on any atom is 0.343 e. The Kier molecular flexibility index (Phi) is 5.31. The quantitative estimate of drug-likeness (QED) is 0.498. The molecular formula is C18H19NO5. The SMILES string of the molecule is CCOC(=O)C(O)(CC)c1ccc(-c2ccccc2)cc1[N+](=O)[O-]. The number of hydrogen-bond acceptors (Lipinski definition) is 5. The molecule has 0 aromatic heterocycles. The highest BCUT2D eigenvalue weighted by atomic mass is 16.6. The minimum absolute atomic E-state index is 0.0304. The lowest BCUT2D eigenvalue weighted by Gasteiger charge is -2.24. The van der Waals surface area contributed by atoms with Gasteiger partial charge in [-0.2, -0.15) is 0 Å². The van der Waals surface area contributed by atoms with Crippen LogP contribution in [0.1, 0.15) is 25.8 Å². The molecule has 126 valence electrons. The second-order valence-electron chi connectivity index (χ2n) is 5.29. The van der Waals surface area contributed by atoms with Crippen molar-refractivity contribution < 1.29 is 19.6 Å². The van der Waals surface area contributed by atoms with Crippen molar-refractivity contribution in [2.24, 2.45) is 0 Å². The monoisotopic (exact) mass is 329 g/mol. The Balaban J connectivity index is 2.58. The third kappa shape index (κ3) is 3.28. The molecule has 0 amide bonds. The maximum absolute atomic E-state index is 12.1. The molecular weight excluding hydrogens is 310 g/mol. The largest absolute Gasteiger partial charge is 0.464 e. The lowest BCUT2D eigenvalue weighted by molar-refractivity contribution is -0.386. The van der Waals surface area contributed by atoms with E-state index in [1.165, 1.54) is 12.1 Å². The molecule has 2 aromatic carbocycles. The Morgan fingerprint density at radius 2 is 1.83 bits per heavy atom. The maximum atomic E-state index is 12.1. The molecule has 0 aliphatic carbocycles. The van der Waals surface area contributed by atoms with E-state index in [-0.39, 0.29) is 24.3 Å². The van der Waals surface area contributed by atoms with Crippen molar-refractivity contribution in [2.75, 3.05) is 6.61 Å². The van der Waals surface area contributed by atoms with Gasteiger partial charge in [0.05, 0.1) is 17.1 Å². The van der Waals surface area contributed by atoms with Crippen LogP contribution in [-0.4, -0.2) is 22.6 Å². The van der Waals surface area contributed by atoms with Crippen LogP contribution in [0.25, 0.3) is 11.1 Å². The summed E-state index contributed by atoms with van der Waals surface area (Å²) in [6, 6.07) is 13.6. The summed E-state index contributed by atoms with van der Waals surface area (Å²) < 4.78 is 4.89. The number of esters is 1. The summed E-state index contributed by atoms with van der Waals surface area (Å²) in [5.74, 6) is -0.886. The van der Waals surface area contributed by atoms with E-state index >= 15 is 0 Å². The van der Waals surface area contributed by atoms with E-state index in [9.17, 15) is 20.0 Å². The Bertz CT molecular complexity index is 744. The fourth-order valence-corrected chi connectivity index (χ4v) is 2.54. The van der Waals surface area contributed by atoms with Crippen molar-refractivity contribution >= 4 is 11.7 Å². The van der Waals surface area contributed by atoms with Gasteiger partial charge in [0.25, 0.3) is 5.69 Å². The van der Waals surface area contributed by atoms with Crippen molar-refractivity contribution in [3.05, 3.63) is 64.2 Å². The summed E-state index contributed by atoms with van der Waals surface area (Å²) in [6.45, 7) is 3.27. The van der Waals surface area contributed by atoms with Crippen LogP contribution in [0.5, 0.6) is 0 Å². The Morgan fingerprint density at radius 1 is 1.17 bits per heavy atom. The number of benzene rings is 2. The van der Waals surface area contributed by atoms with Gasteiger partial charge in [-0.05, 0) is 30.5 Å². The van der Waals surface area contributed by atoms with Crippen LogP contribution in [0.15, 0.2) is 48.5 Å². The molecule has 1 atom stereocenters. The minimum Gasteiger partial charge on any atom is -0.464 e. The normalized spacial score (nSPS) is 13.1. The van der Waals surface area contributed by atoms with Crippen LogP contribution < -0.4 is 0 Å². The number of carbonyl (C=O) groups is 1. The van der Waals surface area contributed by atoms with Crippen LogP contribution in [0.4, 0.5) is 5.69 Å². The smallest absolute Gasteiger partial charge is 0.343 e. The number of nitro groups is 1. The van der Waals surface area contributed by atoms with Gasteiger partial charge in [0, 0.05) is 6.07 Å². The van der Waals surface area contributed by atoms with Crippen LogP contribution >= 0.6 is 0 Å². The molecule has 0 heterocycles. The van der Waals surface area contributed by atoms with E-state index in [1.54, 1.807) is 19.9 Å². The number of rotatable bonds is 6. The molecule has 0 bridgehead atoms. The number of carbonyl (C=O) groups excluding carboxylic acids is 1. The number of nitrogens with zero attached hydrogens (tertiary/aromatic N) is 1. The summed E-state index contributed by atoms with van der Waals surface area (Å²) in [5.41, 5.74) is -0.980. The van der Waals surface area contributed by atoms with E-state index in [0.29, 0.717) is 5.56 Å². The van der Waals surface area contributed by atoms with Crippen molar-refractivity contribution in [1.29, 1.82) is 0 Å². The van der Waals surface area contributed by atoms with Gasteiger partial charge in [-0.15, -0.1) is 0 Å². The first kappa shape index (κ1) is 17.6. The van der Waals surface area contributed by atoms with Crippen LogP contribution in [-0.2, 0) is 15.1 Å². The molecule has 0 aliphatic heterocycles. The fourth-order valence-electron chi connectivity index (χ4n) is 2.54. The van der Waals surface area contributed by atoms with E-state index in [2.05, 4.69) is 0 Å². The van der Waals surface area contributed by atoms with E-state index in [1.807, 2.05) is 30.3 Å². The Hall–Kier alpha value is -2.73. The Labute approximate surface area is 139 Å². The van der Waals surface area contributed by atoms with Gasteiger partial charge in [0.15, 0.2) is 5.60 Å². The predicted octanol–water partition coefficient (Wildman–Crippen LogP) is 3.42. The van der Waals surface area contributed by atoms with Gasteiger partial charge in [-0.1, -0.05) is 43.3 Å². The van der Waals surface area contributed by atoms with Gasteiger partial charge in [-0.3, -0.25) is 10.1 Å². The van der Waals surface area contributed by atoms with Gasteiger partial charge >= 0.3 is 5.97 Å². The molecule has 24 heavy (non-hydrogen) atoms. The molecule has 6 nitrogen and oxygen atoms in total. The highest BCUT2D eigenvalue weighted by Gasteiger charge is 2.42. The first-order valence-electron chi connectivity index (χ1n) is 7.68. The molecule has 1 unspecified atom stereocenters. The Morgan fingerprint density at radius 3 is 2.38 bits per heavy atom. The summed E-state index contributed by atoms with van der Waals surface area (Å²) in [5, 5.41) is 22.2. The standard InChI is InChI=1S/C18H19NO5/c1-3-18(21,17(20)24-4-2)15-11-10-14(12-16(15)19(22)23)13-8-6-5-7-9-13/h5-12,21H,3-4H2,1-2H3. The molecule has 0 spiro atoms. The second-order valence-corrected chi connectivity index (χ2v) is 5.29. The van der Waals surface area contributed by atoms with Crippen LogP contribution in [0.3, 0.4) is 0 Å². The summed E-state index contributed by atoms with van der Waals surface area (Å²) in [4.78, 5) is 23.0. The van der Waals surface area contributed by atoms with Crippen LogP contribution in [0.2, 0.25) is 0 Å². The third-order valence-electron chi connectivity index (χ3n) is 3.87. The minimum atomic E-state index is -2.05. The molecule has 0 saturated heterocycles. The predicted molar refractivity (Wildman–Crippen MR) is 89.4 cm³/mol. The zero-order chi connectivity index (χ0) is 17.7. The van der Waals surface area contributed by atoms with Gasteiger partial charge < -0.3 is 9.84 Å². The molecule has 0 fully saturated rings. The number of aliphatic hydroxyl groups is 1. The zero-order valence-electron chi connectivity index (χ0n) is 13.6. The number of nitro benzene ring substituents is 1. The van der Waals surface area contributed by atoms with E-state index in [4.69, 9.17) is 4.74 Å². The second kappa shape index (κ2) is 7.23. The molecule has 0 aliphatic rings. The molecule has 1 N–H and O–H groups in total. The van der Waals surface area contributed by atoms with Crippen molar-refractivity contribution in [2.45, 2.75) is 25.9 Å². The van der Waals surface area contributed by atoms with Crippen molar-refractivity contribution in [1.82, 2.24) is 0 Å². The average Bonchev–Trinajstić information content (AvgIpc) is 2.61. The van der Waals surface area contributed by atoms with Gasteiger partial charge in [0.2, 0.25) is 0 Å². The fraction of sp³-hybridized carbons (Fsp3) is 0.278. The highest BCUT2D eigenvalue weighted by Crippen LogP contribution is 2.36. The summed E-state index contributed by atoms with van der Waals surface area (Å²) >= 11 is 0. The lowest BCUT2D eigenvalue weighted by Crippen LogP contribution is -2.37. The summed E-state index contributed by atoms with van der Waals surface area (Å²) in [6.07, 6.45) is -0.0304. The number of hydrogen-bond donors (Lipinski definition) is 1. The third-order valence-corrected chi connectivity index (χ3v) is 3.87. The highest BCUT2D eigenvalue weighted by molar-refractivity contribution is 5.83. The molecule has 6 heteroatoms. The van der Waals surface area contributed by atoms with E-state index < -0.39 is 16.5 Å². The summed E-state index contributed by atoms with van der Waals surface area (Å²) in [7, 11) is 0. The zero-order valence-corrected chi connectivity index (χ0v) is 13.6. The topological polar surface area (TPSA) is 89.7 Å². The van der Waals surface area contributed by atoms with Crippen molar-refractivity contribution in [3.8, 4) is 11.1 Å². The van der Waals surface area contributed by atoms with Crippen LogP contribution in [0, 0.1) is 10.1 Å². The molecule has 2 aromatic rings. The average molecular weight is 329 g/mol. The van der Waals surface area contributed by atoms with Gasteiger partial charge in [-0.25, -0.2) is 4.79 Å². The van der Waals surface area contributed by atoms with Crippen molar-refractivity contribution in [3.63, 3.8) is 0 Å².